The summed E-state index contributed by atoms with van der Waals surface area (Å²) < 4.78 is 5.51. The Morgan fingerprint density at radius 3 is 2.55 bits per heavy atom. The Morgan fingerprint density at radius 1 is 1.26 bits per heavy atom. The molecule has 172 valence electrons. The second-order valence-electron chi connectivity index (χ2n) is 9.55. The minimum Gasteiger partial charge on any atom is -0.444 e. The molecule has 31 heavy (non-hydrogen) atoms. The van der Waals surface area contributed by atoms with Crippen LogP contribution >= 0.6 is 0 Å². The molecule has 1 fully saturated rings. The molecule has 0 saturated carbocycles. The van der Waals surface area contributed by atoms with Crippen LogP contribution in [0.2, 0.25) is 0 Å². The van der Waals surface area contributed by atoms with Gasteiger partial charge in [-0.2, -0.15) is 0 Å². The SMILES string of the molecule is CCc1nc2c(c(NC3CCN(C(=O)OC(C)(C)C)CC3)c1CO)C=NC(CC)CC2. The normalized spacial score (nSPS) is 19.7. The third-order valence-corrected chi connectivity index (χ3v) is 6.09. The largest absolute Gasteiger partial charge is 0.444 e. The van der Waals surface area contributed by atoms with E-state index in [0.717, 1.165) is 66.7 Å². The average molecular weight is 431 g/mol. The monoisotopic (exact) mass is 430 g/mol. The van der Waals surface area contributed by atoms with Crippen LogP contribution in [0.3, 0.4) is 0 Å². The minimum atomic E-state index is -0.483. The summed E-state index contributed by atoms with van der Waals surface area (Å²) in [5.41, 5.74) is 4.41. The number of aliphatic imine (C=N–C) groups is 1. The molecule has 2 aliphatic rings. The Morgan fingerprint density at radius 2 is 1.97 bits per heavy atom. The van der Waals surface area contributed by atoms with Gasteiger partial charge in [0.1, 0.15) is 5.60 Å². The van der Waals surface area contributed by atoms with Gasteiger partial charge in [-0.15, -0.1) is 0 Å². The van der Waals surface area contributed by atoms with E-state index in [1.165, 1.54) is 0 Å². The summed E-state index contributed by atoms with van der Waals surface area (Å²) in [5.74, 6) is 0. The molecule has 0 spiro atoms. The molecular weight excluding hydrogens is 392 g/mol. The van der Waals surface area contributed by atoms with Crippen molar-refractivity contribution in [3.05, 3.63) is 22.5 Å². The van der Waals surface area contributed by atoms with Crippen LogP contribution in [-0.2, 0) is 24.2 Å². The number of amides is 1. The van der Waals surface area contributed by atoms with E-state index in [0.29, 0.717) is 19.1 Å². The molecule has 1 aromatic rings. The fraction of sp³-hybridized carbons (Fsp3) is 0.708. The van der Waals surface area contributed by atoms with Gasteiger partial charge in [0.2, 0.25) is 0 Å². The molecule has 0 aromatic carbocycles. The van der Waals surface area contributed by atoms with Gasteiger partial charge in [0.05, 0.1) is 24.0 Å². The predicted octanol–water partition coefficient (Wildman–Crippen LogP) is 4.09. The molecule has 3 heterocycles. The summed E-state index contributed by atoms with van der Waals surface area (Å²) >= 11 is 0. The van der Waals surface area contributed by atoms with Gasteiger partial charge in [0.15, 0.2) is 0 Å². The van der Waals surface area contributed by atoms with Gasteiger partial charge in [-0.1, -0.05) is 13.8 Å². The summed E-state index contributed by atoms with van der Waals surface area (Å²) in [4.78, 5) is 23.8. The number of aliphatic hydroxyl groups excluding tert-OH is 1. The van der Waals surface area contributed by atoms with Gasteiger partial charge in [0, 0.05) is 42.2 Å². The molecule has 2 N–H and O–H groups in total. The van der Waals surface area contributed by atoms with Crippen molar-refractivity contribution in [2.75, 3.05) is 18.4 Å². The predicted molar refractivity (Wildman–Crippen MR) is 124 cm³/mol. The van der Waals surface area contributed by atoms with E-state index < -0.39 is 5.60 Å². The van der Waals surface area contributed by atoms with Crippen molar-refractivity contribution in [2.45, 2.75) is 97.4 Å². The molecule has 1 amide bonds. The lowest BCUT2D eigenvalue weighted by molar-refractivity contribution is 0.0210. The Balaban J connectivity index is 1.79. The van der Waals surface area contributed by atoms with Crippen LogP contribution in [-0.4, -0.2) is 58.1 Å². The quantitative estimate of drug-likeness (QED) is 0.735. The van der Waals surface area contributed by atoms with Gasteiger partial charge in [0.25, 0.3) is 0 Å². The number of aliphatic hydroxyl groups is 1. The van der Waals surface area contributed by atoms with Crippen molar-refractivity contribution < 1.29 is 14.6 Å². The van der Waals surface area contributed by atoms with Crippen LogP contribution in [0.5, 0.6) is 0 Å². The maximum absolute atomic E-state index is 12.4. The first kappa shape index (κ1) is 23.5. The van der Waals surface area contributed by atoms with Crippen LogP contribution in [0, 0.1) is 0 Å². The van der Waals surface area contributed by atoms with Gasteiger partial charge in [-0.05, 0) is 59.3 Å². The number of nitrogens with one attached hydrogen (secondary N) is 1. The molecule has 7 nitrogen and oxygen atoms in total. The smallest absolute Gasteiger partial charge is 0.410 e. The van der Waals surface area contributed by atoms with E-state index in [2.05, 4.69) is 19.2 Å². The number of hydrogen-bond donors (Lipinski definition) is 2. The Hall–Kier alpha value is -2.15. The van der Waals surface area contributed by atoms with Crippen LogP contribution in [0.1, 0.15) is 82.8 Å². The second-order valence-corrected chi connectivity index (χ2v) is 9.55. The molecule has 7 heteroatoms. The number of piperidine rings is 1. The zero-order valence-corrected chi connectivity index (χ0v) is 19.7. The standard InChI is InChI=1S/C24H38N4O3/c1-6-16-8-9-21-18(14-25-16)22(19(15-29)20(7-2)27-21)26-17-10-12-28(13-11-17)23(30)31-24(3,4)5/h14,16-17,29H,6-13,15H2,1-5H3,(H,26,27). The summed E-state index contributed by atoms with van der Waals surface area (Å²) in [6.07, 6.45) is 7.08. The first-order chi connectivity index (χ1) is 14.8. The first-order valence-electron chi connectivity index (χ1n) is 11.7. The number of aryl methyl sites for hydroxylation is 2. The number of pyridine rings is 1. The lowest BCUT2D eigenvalue weighted by Crippen LogP contribution is -2.44. The number of carbonyl (C=O) groups is 1. The maximum atomic E-state index is 12.4. The molecule has 0 radical (unpaired) electrons. The van der Waals surface area contributed by atoms with E-state index in [-0.39, 0.29) is 18.7 Å². The molecular formula is C24H38N4O3. The van der Waals surface area contributed by atoms with Crippen molar-refractivity contribution in [3.63, 3.8) is 0 Å². The molecule has 1 saturated heterocycles. The van der Waals surface area contributed by atoms with E-state index in [4.69, 9.17) is 14.7 Å². The van der Waals surface area contributed by atoms with Crippen LogP contribution < -0.4 is 5.32 Å². The van der Waals surface area contributed by atoms with Crippen molar-refractivity contribution in [2.24, 2.45) is 4.99 Å². The zero-order valence-electron chi connectivity index (χ0n) is 19.7. The van der Waals surface area contributed by atoms with Gasteiger partial charge in [-0.3, -0.25) is 9.98 Å². The average Bonchev–Trinajstić information content (AvgIpc) is 2.94. The van der Waals surface area contributed by atoms with Crippen molar-refractivity contribution in [1.29, 1.82) is 0 Å². The number of hydrogen-bond acceptors (Lipinski definition) is 6. The van der Waals surface area contributed by atoms with E-state index in [1.807, 2.05) is 27.0 Å². The highest BCUT2D eigenvalue weighted by Crippen LogP contribution is 2.31. The number of rotatable bonds is 5. The second kappa shape index (κ2) is 9.98. The number of carbonyl (C=O) groups excluding carboxylic acids is 1. The molecule has 0 aliphatic carbocycles. The summed E-state index contributed by atoms with van der Waals surface area (Å²) in [6, 6.07) is 0.542. The summed E-state index contributed by atoms with van der Waals surface area (Å²) in [6.45, 7) is 11.2. The Kier molecular flexibility index (Phi) is 7.57. The molecule has 1 unspecified atom stereocenters. The number of nitrogens with zero attached hydrogens (tertiary/aromatic N) is 3. The fourth-order valence-corrected chi connectivity index (χ4v) is 4.30. The highest BCUT2D eigenvalue weighted by molar-refractivity contribution is 5.91. The zero-order chi connectivity index (χ0) is 22.6. The first-order valence-corrected chi connectivity index (χ1v) is 11.7. The van der Waals surface area contributed by atoms with E-state index in [1.54, 1.807) is 4.90 Å². The van der Waals surface area contributed by atoms with E-state index >= 15 is 0 Å². The van der Waals surface area contributed by atoms with Gasteiger partial charge >= 0.3 is 6.09 Å². The van der Waals surface area contributed by atoms with Crippen molar-refractivity contribution in [1.82, 2.24) is 9.88 Å². The maximum Gasteiger partial charge on any atom is 0.410 e. The topological polar surface area (TPSA) is 87.1 Å². The molecule has 3 rings (SSSR count). The van der Waals surface area contributed by atoms with E-state index in [9.17, 15) is 9.90 Å². The van der Waals surface area contributed by atoms with Gasteiger partial charge < -0.3 is 20.1 Å². The third kappa shape index (κ3) is 5.76. The highest BCUT2D eigenvalue weighted by atomic mass is 16.6. The molecule has 1 aromatic heterocycles. The lowest BCUT2D eigenvalue weighted by Gasteiger charge is -2.34. The van der Waals surface area contributed by atoms with Crippen molar-refractivity contribution in [3.8, 4) is 0 Å². The number of fused-ring (bicyclic) bond motifs is 1. The number of ether oxygens (including phenoxy) is 1. The summed E-state index contributed by atoms with van der Waals surface area (Å²) in [7, 11) is 0. The summed E-state index contributed by atoms with van der Waals surface area (Å²) in [5, 5.41) is 13.9. The Bertz CT molecular complexity index is 808. The molecule has 1 atom stereocenters. The fourth-order valence-electron chi connectivity index (χ4n) is 4.30. The van der Waals surface area contributed by atoms with Crippen LogP contribution in [0.25, 0.3) is 0 Å². The number of aromatic nitrogens is 1. The van der Waals surface area contributed by atoms with Gasteiger partial charge in [-0.25, -0.2) is 4.79 Å². The molecule has 2 aliphatic heterocycles. The van der Waals surface area contributed by atoms with Crippen LogP contribution in [0.15, 0.2) is 4.99 Å². The minimum absolute atomic E-state index is 0.0480. The number of likely N-dealkylation sites (tertiary alicyclic amines) is 1. The lowest BCUT2D eigenvalue weighted by atomic mass is 9.98. The van der Waals surface area contributed by atoms with Crippen LogP contribution in [0.4, 0.5) is 10.5 Å². The molecule has 0 bridgehead atoms. The third-order valence-electron chi connectivity index (χ3n) is 6.09. The number of anilines is 1. The van der Waals surface area contributed by atoms with Crippen molar-refractivity contribution >= 4 is 18.0 Å². The Labute approximate surface area is 186 Å². The highest BCUT2D eigenvalue weighted by Gasteiger charge is 2.28.